The van der Waals surface area contributed by atoms with Crippen LogP contribution in [0.3, 0.4) is 0 Å². The predicted molar refractivity (Wildman–Crippen MR) is 119 cm³/mol. The number of rotatable bonds is 5. The summed E-state index contributed by atoms with van der Waals surface area (Å²) >= 11 is 0. The van der Waals surface area contributed by atoms with Crippen molar-refractivity contribution in [2.45, 2.75) is 19.9 Å². The van der Waals surface area contributed by atoms with Crippen molar-refractivity contribution < 1.29 is 14.3 Å². The normalized spacial score (nSPS) is 10.8. The molecule has 4 aromatic rings. The number of halogens is 1. The van der Waals surface area contributed by atoms with Crippen molar-refractivity contribution in [2.75, 3.05) is 0 Å². The molecule has 0 atom stereocenters. The van der Waals surface area contributed by atoms with Crippen molar-refractivity contribution in [3.63, 3.8) is 0 Å². The quantitative estimate of drug-likeness (QED) is 0.476. The van der Waals surface area contributed by atoms with Crippen molar-refractivity contribution >= 4 is 16.6 Å². The van der Waals surface area contributed by atoms with Gasteiger partial charge in [0.2, 0.25) is 5.88 Å². The highest BCUT2D eigenvalue weighted by Gasteiger charge is 2.24. The molecule has 0 spiro atoms. The molecule has 0 fully saturated rings. The van der Waals surface area contributed by atoms with Gasteiger partial charge >= 0.3 is 0 Å². The molecule has 0 unspecified atom stereocenters. The zero-order chi connectivity index (χ0) is 22.8. The molecule has 5 nitrogen and oxygen atoms in total. The second kappa shape index (κ2) is 8.48. The third-order valence-corrected chi connectivity index (χ3v) is 5.56. The Kier molecular flexibility index (Phi) is 5.57. The Morgan fingerprint density at radius 2 is 1.75 bits per heavy atom. The summed E-state index contributed by atoms with van der Waals surface area (Å²) in [7, 11) is 0. The van der Waals surface area contributed by atoms with Gasteiger partial charge in [-0.05, 0) is 46.5 Å². The van der Waals surface area contributed by atoms with Crippen molar-refractivity contribution in [3.8, 4) is 11.9 Å². The molecule has 6 heteroatoms. The summed E-state index contributed by atoms with van der Waals surface area (Å²) in [5, 5.41) is 22.4. The molecule has 158 valence electrons. The van der Waals surface area contributed by atoms with Crippen molar-refractivity contribution in [3.05, 3.63) is 111 Å². The molecule has 0 aliphatic heterocycles. The van der Waals surface area contributed by atoms with Gasteiger partial charge in [0.05, 0.1) is 12.1 Å². The second-order valence-electron chi connectivity index (χ2n) is 7.57. The molecule has 32 heavy (non-hydrogen) atoms. The standard InChI is InChI=1S/C26H19FN2O3/c1-16-22(14-28)25(31)29(15-17-9-11-20(27)12-10-17)26(32)24(16)23(30)13-19-7-4-6-18-5-2-3-8-21(18)19/h2-12,32H,13,15H2,1H3. The number of carbonyl (C=O) groups excluding carboxylic acids is 1. The summed E-state index contributed by atoms with van der Waals surface area (Å²) in [6.45, 7) is 1.38. The van der Waals surface area contributed by atoms with Crippen LogP contribution in [0.2, 0.25) is 0 Å². The van der Waals surface area contributed by atoms with E-state index >= 15 is 0 Å². The number of benzene rings is 3. The Hall–Kier alpha value is -4.24. The number of Topliss-reactive ketones (excluding diaryl/α,β-unsaturated/α-hetero) is 1. The van der Waals surface area contributed by atoms with Gasteiger partial charge < -0.3 is 5.11 Å². The van der Waals surface area contributed by atoms with Gasteiger partial charge in [-0.25, -0.2) is 4.39 Å². The number of nitrogens with zero attached hydrogens (tertiary/aromatic N) is 2. The van der Waals surface area contributed by atoms with E-state index in [9.17, 15) is 24.3 Å². The average Bonchev–Trinajstić information content (AvgIpc) is 2.78. The molecular weight excluding hydrogens is 407 g/mol. The van der Waals surface area contributed by atoms with E-state index in [-0.39, 0.29) is 29.7 Å². The molecule has 0 aliphatic rings. The lowest BCUT2D eigenvalue weighted by Crippen LogP contribution is -2.27. The molecular formula is C26H19FN2O3. The predicted octanol–water partition coefficient (Wildman–Crippen LogP) is 4.50. The molecule has 1 N–H and O–H groups in total. The lowest BCUT2D eigenvalue weighted by molar-refractivity contribution is 0.0988. The van der Waals surface area contributed by atoms with Gasteiger partial charge in [-0.1, -0.05) is 54.6 Å². The van der Waals surface area contributed by atoms with E-state index in [0.29, 0.717) is 5.56 Å². The van der Waals surface area contributed by atoms with E-state index < -0.39 is 23.0 Å². The van der Waals surface area contributed by atoms with E-state index in [0.717, 1.165) is 20.9 Å². The van der Waals surface area contributed by atoms with Gasteiger partial charge in [-0.3, -0.25) is 14.2 Å². The molecule has 0 radical (unpaired) electrons. The summed E-state index contributed by atoms with van der Waals surface area (Å²) in [6, 6.07) is 20.6. The van der Waals surface area contributed by atoms with Crippen LogP contribution in [0.5, 0.6) is 5.88 Å². The van der Waals surface area contributed by atoms with Gasteiger partial charge in [-0.2, -0.15) is 5.26 Å². The second-order valence-corrected chi connectivity index (χ2v) is 7.57. The van der Waals surface area contributed by atoms with E-state index in [1.807, 2.05) is 48.5 Å². The van der Waals surface area contributed by atoms with Gasteiger partial charge in [0.25, 0.3) is 5.56 Å². The summed E-state index contributed by atoms with van der Waals surface area (Å²) in [5.74, 6) is -1.33. The number of aromatic nitrogens is 1. The number of nitriles is 1. The van der Waals surface area contributed by atoms with Crippen LogP contribution in [0, 0.1) is 24.1 Å². The lowest BCUT2D eigenvalue weighted by Gasteiger charge is -2.16. The van der Waals surface area contributed by atoms with E-state index in [1.54, 1.807) is 0 Å². The summed E-state index contributed by atoms with van der Waals surface area (Å²) in [6.07, 6.45) is -0.00459. The third kappa shape index (κ3) is 3.77. The molecule has 0 saturated heterocycles. The van der Waals surface area contributed by atoms with Crippen LogP contribution in [0.15, 0.2) is 71.5 Å². The van der Waals surface area contributed by atoms with Crippen LogP contribution in [0.1, 0.15) is 32.6 Å². The first-order valence-corrected chi connectivity index (χ1v) is 10.0. The smallest absolute Gasteiger partial charge is 0.271 e. The first-order valence-electron chi connectivity index (χ1n) is 10.0. The fraction of sp³-hybridized carbons (Fsp3) is 0.115. The third-order valence-electron chi connectivity index (χ3n) is 5.56. The van der Waals surface area contributed by atoms with Gasteiger partial charge in [-0.15, -0.1) is 0 Å². The Morgan fingerprint density at radius 1 is 1.06 bits per heavy atom. The topological polar surface area (TPSA) is 83.1 Å². The number of carbonyl (C=O) groups is 1. The largest absolute Gasteiger partial charge is 0.494 e. The fourth-order valence-electron chi connectivity index (χ4n) is 3.91. The van der Waals surface area contributed by atoms with Crippen LogP contribution in [0.25, 0.3) is 10.8 Å². The zero-order valence-electron chi connectivity index (χ0n) is 17.3. The molecule has 0 amide bonds. The highest BCUT2D eigenvalue weighted by atomic mass is 19.1. The number of hydrogen-bond donors (Lipinski definition) is 1. The van der Waals surface area contributed by atoms with Crippen LogP contribution < -0.4 is 5.56 Å². The van der Waals surface area contributed by atoms with Crippen molar-refractivity contribution in [1.29, 1.82) is 5.26 Å². The summed E-state index contributed by atoms with van der Waals surface area (Å²) in [4.78, 5) is 26.1. The molecule has 1 heterocycles. The summed E-state index contributed by atoms with van der Waals surface area (Å²) in [5.41, 5.74) is 0.511. The SMILES string of the molecule is Cc1c(C(=O)Cc2cccc3ccccc23)c(O)n(Cc2ccc(F)cc2)c(=O)c1C#N. The highest BCUT2D eigenvalue weighted by Crippen LogP contribution is 2.26. The van der Waals surface area contributed by atoms with Crippen LogP contribution in [-0.2, 0) is 13.0 Å². The van der Waals surface area contributed by atoms with Crippen LogP contribution >= 0.6 is 0 Å². The first kappa shape index (κ1) is 21.0. The maximum Gasteiger partial charge on any atom is 0.271 e. The molecule has 0 aliphatic carbocycles. The van der Waals surface area contributed by atoms with E-state index in [2.05, 4.69) is 0 Å². The minimum Gasteiger partial charge on any atom is -0.494 e. The highest BCUT2D eigenvalue weighted by molar-refractivity contribution is 6.03. The number of ketones is 1. The lowest BCUT2D eigenvalue weighted by atomic mass is 9.94. The Bertz CT molecular complexity index is 1440. The molecule has 4 rings (SSSR count). The Morgan fingerprint density at radius 3 is 2.47 bits per heavy atom. The molecule has 3 aromatic carbocycles. The first-order chi connectivity index (χ1) is 15.4. The minimum absolute atomic E-state index is 0.00459. The van der Waals surface area contributed by atoms with E-state index in [4.69, 9.17) is 0 Å². The number of pyridine rings is 1. The van der Waals surface area contributed by atoms with Gasteiger partial charge in [0, 0.05) is 6.42 Å². The Balaban J connectivity index is 1.81. The number of aromatic hydroxyl groups is 1. The van der Waals surface area contributed by atoms with Crippen LogP contribution in [-0.4, -0.2) is 15.5 Å². The molecule has 0 bridgehead atoms. The van der Waals surface area contributed by atoms with Gasteiger partial charge in [0.1, 0.15) is 17.4 Å². The van der Waals surface area contributed by atoms with Crippen molar-refractivity contribution in [2.24, 2.45) is 0 Å². The van der Waals surface area contributed by atoms with Crippen molar-refractivity contribution in [1.82, 2.24) is 4.57 Å². The fourth-order valence-corrected chi connectivity index (χ4v) is 3.91. The minimum atomic E-state index is -0.700. The number of fused-ring (bicyclic) bond motifs is 1. The van der Waals surface area contributed by atoms with Crippen LogP contribution in [0.4, 0.5) is 4.39 Å². The monoisotopic (exact) mass is 426 g/mol. The number of hydrogen-bond acceptors (Lipinski definition) is 4. The molecule has 0 saturated carbocycles. The maximum absolute atomic E-state index is 13.3. The average molecular weight is 426 g/mol. The Labute approximate surface area is 183 Å². The maximum atomic E-state index is 13.3. The molecule has 1 aromatic heterocycles. The van der Waals surface area contributed by atoms with Gasteiger partial charge in [0.15, 0.2) is 5.78 Å². The van der Waals surface area contributed by atoms with E-state index in [1.165, 1.54) is 31.2 Å². The zero-order valence-corrected chi connectivity index (χ0v) is 17.3. The summed E-state index contributed by atoms with van der Waals surface area (Å²) < 4.78 is 14.2.